The van der Waals surface area contributed by atoms with Gasteiger partial charge < -0.3 is 4.42 Å². The van der Waals surface area contributed by atoms with E-state index in [1.807, 2.05) is 12.1 Å². The first-order valence-corrected chi connectivity index (χ1v) is 3.77. The second-order valence-corrected chi connectivity index (χ2v) is 2.77. The van der Waals surface area contributed by atoms with Crippen LogP contribution in [0.15, 0.2) is 35.0 Å². The molecule has 1 nitrogen and oxygen atoms in total. The zero-order chi connectivity index (χ0) is 7.68. The first-order chi connectivity index (χ1) is 5.40. The SMILES string of the molecule is C=CCC1=Cc2ccoc2C1. The Hall–Kier alpha value is -1.24. The Kier molecular flexibility index (Phi) is 1.42. The van der Waals surface area contributed by atoms with Gasteiger partial charge in [-0.05, 0) is 12.5 Å². The smallest absolute Gasteiger partial charge is 0.115 e. The molecule has 0 fully saturated rings. The minimum absolute atomic E-state index is 0.967. The minimum atomic E-state index is 0.967. The zero-order valence-electron chi connectivity index (χ0n) is 6.34. The molecule has 0 saturated carbocycles. The van der Waals surface area contributed by atoms with Gasteiger partial charge in [-0.2, -0.15) is 0 Å². The molecule has 2 rings (SSSR count). The highest BCUT2D eigenvalue weighted by molar-refractivity contribution is 5.61. The van der Waals surface area contributed by atoms with Crippen molar-refractivity contribution in [1.82, 2.24) is 0 Å². The topological polar surface area (TPSA) is 13.1 Å². The van der Waals surface area contributed by atoms with Crippen molar-refractivity contribution in [2.24, 2.45) is 0 Å². The van der Waals surface area contributed by atoms with Crippen molar-refractivity contribution < 1.29 is 4.42 Å². The third-order valence-electron chi connectivity index (χ3n) is 1.93. The van der Waals surface area contributed by atoms with Gasteiger partial charge >= 0.3 is 0 Å². The Morgan fingerprint density at radius 3 is 3.27 bits per heavy atom. The van der Waals surface area contributed by atoms with E-state index in [0.29, 0.717) is 0 Å². The van der Waals surface area contributed by atoms with E-state index in [2.05, 4.69) is 12.7 Å². The molecule has 1 heteroatoms. The van der Waals surface area contributed by atoms with Gasteiger partial charge in [0.05, 0.1) is 6.26 Å². The fourth-order valence-electron chi connectivity index (χ4n) is 1.42. The molecule has 0 spiro atoms. The Labute approximate surface area is 66.0 Å². The molecule has 0 radical (unpaired) electrons. The molecule has 0 atom stereocenters. The van der Waals surface area contributed by atoms with Crippen molar-refractivity contribution in [1.29, 1.82) is 0 Å². The molecule has 56 valence electrons. The highest BCUT2D eigenvalue weighted by atomic mass is 16.3. The molecule has 0 N–H and O–H groups in total. The van der Waals surface area contributed by atoms with E-state index in [9.17, 15) is 0 Å². The van der Waals surface area contributed by atoms with Crippen LogP contribution < -0.4 is 0 Å². The summed E-state index contributed by atoms with van der Waals surface area (Å²) in [6, 6.07) is 2.01. The molecule has 0 bridgehead atoms. The summed E-state index contributed by atoms with van der Waals surface area (Å²) in [6.45, 7) is 3.70. The maximum Gasteiger partial charge on any atom is 0.115 e. The van der Waals surface area contributed by atoms with E-state index in [1.165, 1.54) is 11.1 Å². The van der Waals surface area contributed by atoms with E-state index in [-0.39, 0.29) is 0 Å². The van der Waals surface area contributed by atoms with E-state index >= 15 is 0 Å². The highest BCUT2D eigenvalue weighted by Crippen LogP contribution is 2.27. The van der Waals surface area contributed by atoms with Gasteiger partial charge in [-0.1, -0.05) is 17.7 Å². The number of allylic oxidation sites excluding steroid dienone is 2. The van der Waals surface area contributed by atoms with E-state index in [0.717, 1.165) is 18.6 Å². The molecule has 1 aromatic rings. The Bertz CT molecular complexity index is 304. The average Bonchev–Trinajstić information content (AvgIpc) is 2.46. The normalized spacial score (nSPS) is 14.4. The Morgan fingerprint density at radius 1 is 1.64 bits per heavy atom. The van der Waals surface area contributed by atoms with Crippen molar-refractivity contribution in [2.45, 2.75) is 12.8 Å². The van der Waals surface area contributed by atoms with Crippen molar-refractivity contribution >= 4 is 6.08 Å². The van der Waals surface area contributed by atoms with E-state index < -0.39 is 0 Å². The molecule has 11 heavy (non-hydrogen) atoms. The number of furan rings is 1. The maximum atomic E-state index is 5.27. The maximum absolute atomic E-state index is 5.27. The average molecular weight is 146 g/mol. The molecular weight excluding hydrogens is 136 g/mol. The van der Waals surface area contributed by atoms with Crippen LogP contribution in [0.5, 0.6) is 0 Å². The van der Waals surface area contributed by atoms with Crippen LogP contribution in [-0.2, 0) is 6.42 Å². The van der Waals surface area contributed by atoms with E-state index in [1.54, 1.807) is 6.26 Å². The molecule has 0 saturated heterocycles. The second kappa shape index (κ2) is 2.42. The van der Waals surface area contributed by atoms with Crippen LogP contribution >= 0.6 is 0 Å². The summed E-state index contributed by atoms with van der Waals surface area (Å²) < 4.78 is 5.27. The quantitative estimate of drug-likeness (QED) is 0.585. The minimum Gasteiger partial charge on any atom is -0.468 e. The lowest BCUT2D eigenvalue weighted by Crippen LogP contribution is -1.79. The summed E-state index contributed by atoms with van der Waals surface area (Å²) in [7, 11) is 0. The van der Waals surface area contributed by atoms with Crippen LogP contribution in [0, 0.1) is 0 Å². The van der Waals surface area contributed by atoms with Gasteiger partial charge in [0, 0.05) is 12.0 Å². The summed E-state index contributed by atoms with van der Waals surface area (Å²) in [6.07, 6.45) is 7.79. The molecular formula is C10H10O. The zero-order valence-corrected chi connectivity index (χ0v) is 6.34. The molecule has 0 aromatic carbocycles. The predicted octanol–water partition coefficient (Wildman–Crippen LogP) is 2.80. The molecule has 1 heterocycles. The first kappa shape index (κ1) is 6.47. The fraction of sp³-hybridized carbons (Fsp3) is 0.200. The summed E-state index contributed by atoms with van der Waals surface area (Å²) in [5.74, 6) is 1.10. The lowest BCUT2D eigenvalue weighted by atomic mass is 10.2. The van der Waals surface area contributed by atoms with Gasteiger partial charge in [-0.15, -0.1) is 6.58 Å². The van der Waals surface area contributed by atoms with Crippen molar-refractivity contribution in [3.63, 3.8) is 0 Å². The third kappa shape index (κ3) is 1.03. The lowest BCUT2D eigenvalue weighted by Gasteiger charge is -1.92. The van der Waals surface area contributed by atoms with Crippen molar-refractivity contribution in [3.8, 4) is 0 Å². The van der Waals surface area contributed by atoms with Crippen LogP contribution in [0.2, 0.25) is 0 Å². The van der Waals surface area contributed by atoms with Crippen molar-refractivity contribution in [3.05, 3.63) is 41.9 Å². The van der Waals surface area contributed by atoms with Gasteiger partial charge in [-0.25, -0.2) is 0 Å². The van der Waals surface area contributed by atoms with Crippen LogP contribution in [0.4, 0.5) is 0 Å². The van der Waals surface area contributed by atoms with Gasteiger partial charge in [-0.3, -0.25) is 0 Å². The van der Waals surface area contributed by atoms with Crippen LogP contribution in [0.3, 0.4) is 0 Å². The molecule has 1 aliphatic carbocycles. The Balaban J connectivity index is 2.24. The monoisotopic (exact) mass is 146 g/mol. The summed E-state index contributed by atoms with van der Waals surface area (Å²) in [4.78, 5) is 0. The van der Waals surface area contributed by atoms with Crippen molar-refractivity contribution in [2.75, 3.05) is 0 Å². The van der Waals surface area contributed by atoms with Gasteiger partial charge in [0.25, 0.3) is 0 Å². The second-order valence-electron chi connectivity index (χ2n) is 2.77. The predicted molar refractivity (Wildman–Crippen MR) is 45.2 cm³/mol. The van der Waals surface area contributed by atoms with Gasteiger partial charge in [0.1, 0.15) is 5.76 Å². The first-order valence-electron chi connectivity index (χ1n) is 3.77. The van der Waals surface area contributed by atoms with Crippen LogP contribution in [-0.4, -0.2) is 0 Å². The van der Waals surface area contributed by atoms with Gasteiger partial charge in [0.2, 0.25) is 0 Å². The van der Waals surface area contributed by atoms with E-state index in [4.69, 9.17) is 4.42 Å². The highest BCUT2D eigenvalue weighted by Gasteiger charge is 2.13. The number of fused-ring (bicyclic) bond motifs is 1. The number of rotatable bonds is 2. The standard InChI is InChI=1S/C10H10O/c1-2-3-8-6-9-4-5-11-10(9)7-8/h2,4-6H,1,3,7H2. The number of hydrogen-bond acceptors (Lipinski definition) is 1. The molecule has 0 amide bonds. The summed E-state index contributed by atoms with van der Waals surface area (Å²) in [5, 5.41) is 0. The lowest BCUT2D eigenvalue weighted by molar-refractivity contribution is 0.521. The fourth-order valence-corrected chi connectivity index (χ4v) is 1.42. The largest absolute Gasteiger partial charge is 0.468 e. The molecule has 0 aliphatic heterocycles. The van der Waals surface area contributed by atoms with Crippen LogP contribution in [0.1, 0.15) is 17.7 Å². The van der Waals surface area contributed by atoms with Crippen LogP contribution in [0.25, 0.3) is 6.08 Å². The summed E-state index contributed by atoms with van der Waals surface area (Å²) in [5.41, 5.74) is 2.64. The third-order valence-corrected chi connectivity index (χ3v) is 1.93. The van der Waals surface area contributed by atoms with Gasteiger partial charge in [0.15, 0.2) is 0 Å². The molecule has 1 aliphatic rings. The molecule has 0 unspecified atom stereocenters. The molecule has 1 aromatic heterocycles. The number of hydrogen-bond donors (Lipinski definition) is 0. The summed E-state index contributed by atoms with van der Waals surface area (Å²) >= 11 is 0. The Morgan fingerprint density at radius 2 is 2.55 bits per heavy atom.